The first-order chi connectivity index (χ1) is 8.95. The van der Waals surface area contributed by atoms with E-state index >= 15 is 0 Å². The molecule has 1 aromatic carbocycles. The molecule has 1 heterocycles. The Balaban J connectivity index is 2.34. The first-order valence-corrected chi connectivity index (χ1v) is 7.47. The summed E-state index contributed by atoms with van der Waals surface area (Å²) in [6.45, 7) is 2.61. The van der Waals surface area contributed by atoms with E-state index in [2.05, 4.69) is 0 Å². The molecule has 1 aliphatic rings. The monoisotopic (exact) mass is 288 g/mol. The fraction of sp³-hybridized carbons (Fsp3) is 0.500. The highest BCUT2D eigenvalue weighted by atomic mass is 32.2. The molecule has 0 aromatic heterocycles. The second-order valence-corrected chi connectivity index (χ2v) is 6.43. The number of halogens is 1. The van der Waals surface area contributed by atoms with Crippen molar-refractivity contribution in [3.8, 4) is 0 Å². The number of morpholine rings is 1. The lowest BCUT2D eigenvalue weighted by Crippen LogP contribution is -2.48. The van der Waals surface area contributed by atoms with Gasteiger partial charge in [-0.05, 0) is 24.6 Å². The number of aryl methyl sites for hydroxylation is 1. The van der Waals surface area contributed by atoms with Crippen LogP contribution in [0.2, 0.25) is 0 Å². The van der Waals surface area contributed by atoms with Crippen LogP contribution in [0, 0.1) is 12.7 Å². The summed E-state index contributed by atoms with van der Waals surface area (Å²) < 4.78 is 45.1. The van der Waals surface area contributed by atoms with Gasteiger partial charge in [-0.1, -0.05) is 6.07 Å². The van der Waals surface area contributed by atoms with Crippen molar-refractivity contribution in [1.29, 1.82) is 0 Å². The van der Waals surface area contributed by atoms with Gasteiger partial charge in [0.2, 0.25) is 10.0 Å². The number of hydrogen-bond acceptors (Lipinski definition) is 4. The van der Waals surface area contributed by atoms with E-state index in [9.17, 15) is 12.8 Å². The predicted octanol–water partition coefficient (Wildman–Crippen LogP) is 0.482. The topological polar surface area (TPSA) is 72.6 Å². The van der Waals surface area contributed by atoms with Gasteiger partial charge in [0.05, 0.1) is 12.7 Å². The first kappa shape index (κ1) is 14.4. The maximum atomic E-state index is 13.7. The third kappa shape index (κ3) is 2.94. The molecule has 2 rings (SSSR count). The van der Waals surface area contributed by atoms with Crippen LogP contribution in [0.15, 0.2) is 23.1 Å². The summed E-state index contributed by atoms with van der Waals surface area (Å²) in [4.78, 5) is -0.287. The molecule has 106 valence electrons. The van der Waals surface area contributed by atoms with Crippen LogP contribution in [0.4, 0.5) is 4.39 Å². The van der Waals surface area contributed by atoms with Crippen LogP contribution < -0.4 is 5.73 Å². The van der Waals surface area contributed by atoms with Crippen LogP contribution in [-0.4, -0.2) is 45.1 Å². The molecule has 1 fully saturated rings. The van der Waals surface area contributed by atoms with E-state index in [4.69, 9.17) is 10.5 Å². The third-order valence-electron chi connectivity index (χ3n) is 3.07. The van der Waals surface area contributed by atoms with Crippen molar-refractivity contribution in [3.63, 3.8) is 0 Å². The van der Waals surface area contributed by atoms with Crippen LogP contribution in [0.25, 0.3) is 0 Å². The fourth-order valence-electron chi connectivity index (χ4n) is 2.00. The van der Waals surface area contributed by atoms with Gasteiger partial charge in [0.25, 0.3) is 0 Å². The summed E-state index contributed by atoms with van der Waals surface area (Å²) in [6.07, 6.45) is -0.337. The van der Waals surface area contributed by atoms with Crippen LogP contribution in [0.1, 0.15) is 5.56 Å². The van der Waals surface area contributed by atoms with Gasteiger partial charge in [-0.15, -0.1) is 0 Å². The molecule has 0 spiro atoms. The third-order valence-corrected chi connectivity index (χ3v) is 4.95. The van der Waals surface area contributed by atoms with Gasteiger partial charge in [0.15, 0.2) is 0 Å². The van der Waals surface area contributed by atoms with Crippen molar-refractivity contribution in [3.05, 3.63) is 29.6 Å². The molecular weight excluding hydrogens is 271 g/mol. The molecular formula is C12H17FN2O3S. The van der Waals surface area contributed by atoms with E-state index in [1.165, 1.54) is 22.5 Å². The normalized spacial score (nSPS) is 21.5. The number of sulfonamides is 1. The number of hydrogen-bond donors (Lipinski definition) is 1. The van der Waals surface area contributed by atoms with Crippen LogP contribution in [0.5, 0.6) is 0 Å². The quantitative estimate of drug-likeness (QED) is 0.878. The molecule has 1 saturated heterocycles. The Morgan fingerprint density at radius 1 is 1.53 bits per heavy atom. The second kappa shape index (κ2) is 5.54. The fourth-order valence-corrected chi connectivity index (χ4v) is 3.61. The highest BCUT2D eigenvalue weighted by Crippen LogP contribution is 2.22. The molecule has 1 atom stereocenters. The molecule has 1 aromatic rings. The van der Waals surface area contributed by atoms with Crippen molar-refractivity contribution in [1.82, 2.24) is 4.31 Å². The van der Waals surface area contributed by atoms with Crippen LogP contribution in [-0.2, 0) is 14.8 Å². The van der Waals surface area contributed by atoms with E-state index in [1.807, 2.05) is 0 Å². The maximum absolute atomic E-state index is 13.7. The molecule has 0 radical (unpaired) electrons. The molecule has 0 bridgehead atoms. The number of rotatable bonds is 3. The number of benzene rings is 1. The zero-order valence-corrected chi connectivity index (χ0v) is 11.5. The number of nitrogens with zero attached hydrogens (tertiary/aromatic N) is 1. The van der Waals surface area contributed by atoms with E-state index < -0.39 is 15.8 Å². The van der Waals surface area contributed by atoms with E-state index in [0.29, 0.717) is 5.56 Å². The van der Waals surface area contributed by atoms with Crippen LogP contribution in [0.3, 0.4) is 0 Å². The minimum atomic E-state index is -3.84. The Hall–Kier alpha value is -1.02. The summed E-state index contributed by atoms with van der Waals surface area (Å²) in [5.74, 6) is -0.735. The summed E-state index contributed by atoms with van der Waals surface area (Å²) >= 11 is 0. The van der Waals surface area contributed by atoms with E-state index in [-0.39, 0.29) is 37.2 Å². The van der Waals surface area contributed by atoms with Gasteiger partial charge in [-0.25, -0.2) is 12.8 Å². The predicted molar refractivity (Wildman–Crippen MR) is 68.7 cm³/mol. The largest absolute Gasteiger partial charge is 0.374 e. The average molecular weight is 288 g/mol. The Kier molecular flexibility index (Phi) is 4.19. The van der Waals surface area contributed by atoms with Gasteiger partial charge >= 0.3 is 0 Å². The molecule has 7 heteroatoms. The molecule has 0 saturated carbocycles. The minimum Gasteiger partial charge on any atom is -0.374 e. The summed E-state index contributed by atoms with van der Waals surface area (Å²) in [5, 5.41) is 0. The van der Waals surface area contributed by atoms with Crippen molar-refractivity contribution in [2.45, 2.75) is 17.9 Å². The van der Waals surface area contributed by atoms with E-state index in [1.54, 1.807) is 6.92 Å². The highest BCUT2D eigenvalue weighted by Gasteiger charge is 2.32. The molecule has 19 heavy (non-hydrogen) atoms. The first-order valence-electron chi connectivity index (χ1n) is 6.03. The summed E-state index contributed by atoms with van der Waals surface area (Å²) in [7, 11) is -3.84. The minimum absolute atomic E-state index is 0.159. The smallest absolute Gasteiger partial charge is 0.246 e. The Morgan fingerprint density at radius 3 is 2.95 bits per heavy atom. The molecule has 1 aliphatic heterocycles. The molecule has 5 nitrogen and oxygen atoms in total. The Morgan fingerprint density at radius 2 is 2.26 bits per heavy atom. The van der Waals surface area contributed by atoms with Crippen LogP contribution >= 0.6 is 0 Å². The van der Waals surface area contributed by atoms with Gasteiger partial charge in [0.1, 0.15) is 10.7 Å². The standard InChI is InChI=1S/C12H17FN2O3S/c1-9-2-3-11(13)12(6-9)19(16,17)15-4-5-18-10(7-14)8-15/h2-3,6,10H,4-5,7-8,14H2,1H3/t10-/m1/s1. The Bertz CT molecular complexity index is 562. The lowest BCUT2D eigenvalue weighted by molar-refractivity contribution is 0.00445. The zero-order chi connectivity index (χ0) is 14.0. The number of nitrogens with two attached hydrogens (primary N) is 1. The molecule has 0 aliphatic carbocycles. The lowest BCUT2D eigenvalue weighted by Gasteiger charge is -2.31. The van der Waals surface area contributed by atoms with Gasteiger partial charge in [0, 0.05) is 19.6 Å². The molecule has 0 amide bonds. The van der Waals surface area contributed by atoms with Crippen molar-refractivity contribution < 1.29 is 17.5 Å². The van der Waals surface area contributed by atoms with Crippen molar-refractivity contribution in [2.75, 3.05) is 26.2 Å². The highest BCUT2D eigenvalue weighted by molar-refractivity contribution is 7.89. The Labute approximate surface area is 112 Å². The second-order valence-electron chi connectivity index (χ2n) is 4.53. The lowest BCUT2D eigenvalue weighted by atomic mass is 10.2. The van der Waals surface area contributed by atoms with Gasteiger partial charge in [-0.3, -0.25) is 0 Å². The molecule has 0 unspecified atom stereocenters. The van der Waals surface area contributed by atoms with Crippen molar-refractivity contribution in [2.24, 2.45) is 5.73 Å². The maximum Gasteiger partial charge on any atom is 0.246 e. The average Bonchev–Trinajstić information content (AvgIpc) is 2.41. The van der Waals surface area contributed by atoms with Crippen molar-refractivity contribution >= 4 is 10.0 Å². The summed E-state index contributed by atoms with van der Waals surface area (Å²) in [5.41, 5.74) is 6.18. The SMILES string of the molecule is Cc1ccc(F)c(S(=O)(=O)N2CCO[C@H](CN)C2)c1. The summed E-state index contributed by atoms with van der Waals surface area (Å²) in [6, 6.07) is 4.05. The van der Waals surface area contributed by atoms with Gasteiger partial charge in [-0.2, -0.15) is 4.31 Å². The molecule has 2 N–H and O–H groups in total. The van der Waals surface area contributed by atoms with Gasteiger partial charge < -0.3 is 10.5 Å². The number of ether oxygens (including phenoxy) is 1. The zero-order valence-electron chi connectivity index (χ0n) is 10.7. The van der Waals surface area contributed by atoms with E-state index in [0.717, 1.165) is 0 Å².